The van der Waals surface area contributed by atoms with Crippen molar-refractivity contribution in [3.05, 3.63) is 27.8 Å². The largest absolute Gasteiger partial charge is 0.480 e. The molecule has 0 bridgehead atoms. The lowest BCUT2D eigenvalue weighted by molar-refractivity contribution is -0.137. The van der Waals surface area contributed by atoms with Crippen molar-refractivity contribution in [2.75, 3.05) is 16.8 Å². The number of nitrogens with one attached hydrogen (secondary N) is 1. The van der Waals surface area contributed by atoms with Crippen molar-refractivity contribution in [3.8, 4) is 0 Å². The van der Waals surface area contributed by atoms with E-state index in [2.05, 4.69) is 27.9 Å². The Morgan fingerprint density at radius 1 is 1.44 bits per heavy atom. The highest BCUT2D eigenvalue weighted by atomic mass is 127. The first-order valence-electron chi connectivity index (χ1n) is 5.11. The summed E-state index contributed by atoms with van der Waals surface area (Å²) < 4.78 is 0.954. The Kier molecular flexibility index (Phi) is 6.44. The zero-order chi connectivity index (χ0) is 13.5. The minimum Gasteiger partial charge on any atom is -0.480 e. The fourth-order valence-corrected chi connectivity index (χ4v) is 2.39. The monoisotopic (exact) mass is 380 g/mol. The second kappa shape index (κ2) is 7.59. The molecule has 1 atom stereocenters. The van der Waals surface area contributed by atoms with Gasteiger partial charge >= 0.3 is 5.97 Å². The number of carboxylic acids is 1. The highest BCUT2D eigenvalue weighted by molar-refractivity contribution is 14.1. The van der Waals surface area contributed by atoms with E-state index in [-0.39, 0.29) is 17.4 Å². The number of carboxylic acid groups (broad SMARTS) is 1. The molecule has 0 fully saturated rings. The molecule has 0 radical (unpaired) electrons. The predicted molar refractivity (Wildman–Crippen MR) is 80.7 cm³/mol. The molecular weight excluding hydrogens is 367 g/mol. The van der Waals surface area contributed by atoms with Gasteiger partial charge in [-0.3, -0.25) is 9.59 Å². The van der Waals surface area contributed by atoms with Crippen molar-refractivity contribution in [1.82, 2.24) is 0 Å². The summed E-state index contributed by atoms with van der Waals surface area (Å²) in [7, 11) is 0. The Hall–Kier alpha value is -0.800. The smallest absolute Gasteiger partial charge is 0.321 e. The van der Waals surface area contributed by atoms with Gasteiger partial charge in [0.15, 0.2) is 0 Å². The van der Waals surface area contributed by atoms with Crippen molar-refractivity contribution in [2.45, 2.75) is 6.04 Å². The summed E-state index contributed by atoms with van der Waals surface area (Å²) in [5.74, 6) is -0.817. The average molecular weight is 380 g/mol. The molecule has 1 aromatic carbocycles. The fraction of sp³-hybridized carbons (Fsp3) is 0.273. The Bertz CT molecular complexity index is 442. The van der Waals surface area contributed by atoms with Crippen LogP contribution in [0.4, 0.5) is 5.69 Å². The average Bonchev–Trinajstić information content (AvgIpc) is 2.32. The van der Waals surface area contributed by atoms with Crippen LogP contribution in [0.3, 0.4) is 0 Å². The number of nitrogens with two attached hydrogens (primary N) is 1. The molecule has 0 aromatic heterocycles. The zero-order valence-corrected chi connectivity index (χ0v) is 12.4. The van der Waals surface area contributed by atoms with E-state index in [0.29, 0.717) is 0 Å². The molecule has 0 spiro atoms. The van der Waals surface area contributed by atoms with Gasteiger partial charge in [-0.25, -0.2) is 0 Å². The van der Waals surface area contributed by atoms with Gasteiger partial charge in [-0.2, -0.15) is 0 Å². The Labute approximate surface area is 123 Å². The summed E-state index contributed by atoms with van der Waals surface area (Å²) in [5, 5.41) is 11.3. The summed E-state index contributed by atoms with van der Waals surface area (Å²) >= 11 is 3.33. The summed E-state index contributed by atoms with van der Waals surface area (Å²) in [6.07, 6.45) is 0. The number of benzene rings is 1. The van der Waals surface area contributed by atoms with Crippen LogP contribution in [-0.4, -0.2) is 34.5 Å². The number of hydrogen-bond acceptors (Lipinski definition) is 4. The van der Waals surface area contributed by atoms with E-state index < -0.39 is 12.0 Å². The number of para-hydroxylation sites is 1. The van der Waals surface area contributed by atoms with Gasteiger partial charge in [-0.15, -0.1) is 11.8 Å². The minimum absolute atomic E-state index is 0.165. The maximum Gasteiger partial charge on any atom is 0.321 e. The number of amides is 1. The van der Waals surface area contributed by atoms with Gasteiger partial charge in [-0.1, -0.05) is 12.1 Å². The molecule has 5 nitrogen and oxygen atoms in total. The van der Waals surface area contributed by atoms with Gasteiger partial charge < -0.3 is 16.2 Å². The first-order chi connectivity index (χ1) is 8.50. The first kappa shape index (κ1) is 15.3. The molecule has 4 N–H and O–H groups in total. The number of halogens is 1. The highest BCUT2D eigenvalue weighted by Crippen LogP contribution is 2.17. The second-order valence-corrected chi connectivity index (χ2v) is 5.68. The highest BCUT2D eigenvalue weighted by Gasteiger charge is 2.12. The molecule has 0 saturated carbocycles. The summed E-state index contributed by atoms with van der Waals surface area (Å²) in [4.78, 5) is 22.1. The van der Waals surface area contributed by atoms with Gasteiger partial charge in [0.05, 0.1) is 11.4 Å². The van der Waals surface area contributed by atoms with Crippen LogP contribution in [0.1, 0.15) is 0 Å². The fourth-order valence-electron chi connectivity index (χ4n) is 1.10. The van der Waals surface area contributed by atoms with Crippen LogP contribution in [-0.2, 0) is 9.59 Å². The third-order valence-electron chi connectivity index (χ3n) is 2.00. The van der Waals surface area contributed by atoms with E-state index in [9.17, 15) is 9.59 Å². The molecule has 1 aromatic rings. The Morgan fingerprint density at radius 3 is 2.72 bits per heavy atom. The van der Waals surface area contributed by atoms with Gasteiger partial charge in [0.1, 0.15) is 6.04 Å². The SMILES string of the molecule is NC(CSCC(=O)Nc1ccccc1I)C(=O)O. The molecule has 1 unspecified atom stereocenters. The third kappa shape index (κ3) is 5.23. The number of anilines is 1. The van der Waals surface area contributed by atoms with Gasteiger partial charge in [0.2, 0.25) is 5.91 Å². The molecule has 7 heteroatoms. The van der Waals surface area contributed by atoms with Crippen LogP contribution in [0.25, 0.3) is 0 Å². The molecule has 18 heavy (non-hydrogen) atoms. The number of carbonyl (C=O) groups excluding carboxylic acids is 1. The Morgan fingerprint density at radius 2 is 2.11 bits per heavy atom. The predicted octanol–water partition coefficient (Wildman–Crippen LogP) is 1.37. The van der Waals surface area contributed by atoms with E-state index in [0.717, 1.165) is 9.26 Å². The molecule has 98 valence electrons. The van der Waals surface area contributed by atoms with E-state index in [1.54, 1.807) is 0 Å². The Balaban J connectivity index is 2.35. The van der Waals surface area contributed by atoms with Crippen LogP contribution in [0.5, 0.6) is 0 Å². The van der Waals surface area contributed by atoms with Crippen molar-refractivity contribution < 1.29 is 14.7 Å². The minimum atomic E-state index is -1.06. The van der Waals surface area contributed by atoms with Crippen molar-refractivity contribution >= 4 is 51.9 Å². The van der Waals surface area contributed by atoms with Crippen molar-refractivity contribution in [3.63, 3.8) is 0 Å². The molecular formula is C11H13IN2O3S. The standard InChI is InChI=1S/C11H13IN2O3S/c12-7-3-1-2-4-9(7)14-10(15)6-18-5-8(13)11(16)17/h1-4,8H,5-6,13H2,(H,14,15)(H,16,17). The first-order valence-corrected chi connectivity index (χ1v) is 7.34. The van der Waals surface area contributed by atoms with Crippen LogP contribution in [0, 0.1) is 3.57 Å². The second-order valence-electron chi connectivity index (χ2n) is 3.49. The number of rotatable bonds is 6. The molecule has 0 aliphatic carbocycles. The normalized spacial score (nSPS) is 11.9. The molecule has 0 saturated heterocycles. The van der Waals surface area contributed by atoms with Gasteiger partial charge in [0, 0.05) is 9.32 Å². The van der Waals surface area contributed by atoms with Gasteiger partial charge in [0.25, 0.3) is 0 Å². The maximum absolute atomic E-state index is 11.6. The molecule has 1 rings (SSSR count). The lowest BCUT2D eigenvalue weighted by Gasteiger charge is -2.08. The topological polar surface area (TPSA) is 92.4 Å². The van der Waals surface area contributed by atoms with E-state index in [1.165, 1.54) is 11.8 Å². The van der Waals surface area contributed by atoms with Crippen LogP contribution in [0.2, 0.25) is 0 Å². The lowest BCUT2D eigenvalue weighted by Crippen LogP contribution is -2.33. The molecule has 0 heterocycles. The van der Waals surface area contributed by atoms with E-state index >= 15 is 0 Å². The number of thioether (sulfide) groups is 1. The lowest BCUT2D eigenvalue weighted by atomic mass is 10.3. The van der Waals surface area contributed by atoms with E-state index in [1.807, 2.05) is 24.3 Å². The zero-order valence-electron chi connectivity index (χ0n) is 9.43. The van der Waals surface area contributed by atoms with Crippen LogP contribution >= 0.6 is 34.4 Å². The summed E-state index contributed by atoms with van der Waals surface area (Å²) in [6, 6.07) is 6.50. The summed E-state index contributed by atoms with van der Waals surface area (Å²) in [6.45, 7) is 0. The summed E-state index contributed by atoms with van der Waals surface area (Å²) in [5.41, 5.74) is 6.08. The van der Waals surface area contributed by atoms with Crippen LogP contribution < -0.4 is 11.1 Å². The van der Waals surface area contributed by atoms with Crippen molar-refractivity contribution in [1.29, 1.82) is 0 Å². The number of aliphatic carboxylic acids is 1. The van der Waals surface area contributed by atoms with Crippen LogP contribution in [0.15, 0.2) is 24.3 Å². The number of hydrogen-bond donors (Lipinski definition) is 3. The van der Waals surface area contributed by atoms with Crippen molar-refractivity contribution in [2.24, 2.45) is 5.73 Å². The third-order valence-corrected chi connectivity index (χ3v) is 4.00. The van der Waals surface area contributed by atoms with E-state index in [4.69, 9.17) is 10.8 Å². The molecule has 1 amide bonds. The molecule has 0 aliphatic rings. The van der Waals surface area contributed by atoms with Gasteiger partial charge in [-0.05, 0) is 34.7 Å². The number of carbonyl (C=O) groups is 2. The maximum atomic E-state index is 11.6. The molecule has 0 aliphatic heterocycles. The quantitative estimate of drug-likeness (QED) is 0.649.